The molecule has 0 atom stereocenters. The third-order valence-corrected chi connectivity index (χ3v) is 7.27. The predicted octanol–water partition coefficient (Wildman–Crippen LogP) is 3.12. The van der Waals surface area contributed by atoms with Gasteiger partial charge in [-0.05, 0) is 40.2 Å². The molecule has 4 aromatic heterocycles. The van der Waals surface area contributed by atoms with E-state index in [0.717, 1.165) is 0 Å². The molecule has 254 valence electrons. The molecule has 0 bridgehead atoms. The van der Waals surface area contributed by atoms with Crippen molar-refractivity contribution in [2.24, 2.45) is 33.9 Å². The largest absolute Gasteiger partial charge is 0.388 e. The SMILES string of the molecule is C=C(Br)C(=O)Nc1cc(C(=O)Nc2cc(C(=O)Nc3cc(C(=O)Nc4cc(C(=O)NCCC(=N)N)n(C)c4)n(C)c3)n(C)c2)n(C)c1.Cl. The molecule has 0 saturated heterocycles. The molecule has 16 nitrogen and oxygen atoms in total. The number of aromatic nitrogens is 4. The summed E-state index contributed by atoms with van der Waals surface area (Å²) in [5, 5.41) is 20.8. The Balaban J connectivity index is 0.00000625. The van der Waals surface area contributed by atoms with Gasteiger partial charge in [-0.3, -0.25) is 29.4 Å². The Morgan fingerprint density at radius 3 is 1.29 bits per heavy atom. The van der Waals surface area contributed by atoms with Crippen molar-refractivity contribution in [1.82, 2.24) is 23.6 Å². The van der Waals surface area contributed by atoms with Crippen molar-refractivity contribution in [3.05, 3.63) is 82.9 Å². The van der Waals surface area contributed by atoms with E-state index in [1.54, 1.807) is 71.2 Å². The second-order valence-electron chi connectivity index (χ2n) is 10.7. The summed E-state index contributed by atoms with van der Waals surface area (Å²) in [4.78, 5) is 63.5. The monoisotopic (exact) mass is 743 g/mol. The van der Waals surface area contributed by atoms with Crippen molar-refractivity contribution in [2.45, 2.75) is 6.42 Å². The summed E-state index contributed by atoms with van der Waals surface area (Å²) in [7, 11) is 6.61. The molecular formula is C30H35BrClN11O5. The summed E-state index contributed by atoms with van der Waals surface area (Å²) < 4.78 is 6.34. The number of nitrogens with zero attached hydrogens (tertiary/aromatic N) is 4. The van der Waals surface area contributed by atoms with Crippen molar-refractivity contribution in [3.63, 3.8) is 0 Å². The highest BCUT2D eigenvalue weighted by atomic mass is 79.9. The number of carbonyl (C=O) groups excluding carboxylic acids is 5. The number of rotatable bonds is 12. The van der Waals surface area contributed by atoms with E-state index in [1.807, 2.05) is 0 Å². The normalized spacial score (nSPS) is 10.4. The van der Waals surface area contributed by atoms with Crippen molar-refractivity contribution in [1.29, 1.82) is 5.41 Å². The van der Waals surface area contributed by atoms with Crippen LogP contribution in [0.25, 0.3) is 0 Å². The zero-order valence-corrected chi connectivity index (χ0v) is 28.8. The summed E-state index contributed by atoms with van der Waals surface area (Å²) in [6.45, 7) is 3.73. The van der Waals surface area contributed by atoms with Gasteiger partial charge in [-0.25, -0.2) is 0 Å². The van der Waals surface area contributed by atoms with E-state index in [9.17, 15) is 24.0 Å². The molecular weight excluding hydrogens is 710 g/mol. The van der Waals surface area contributed by atoms with Gasteiger partial charge in [0.25, 0.3) is 29.5 Å². The molecule has 0 spiro atoms. The lowest BCUT2D eigenvalue weighted by Gasteiger charge is -2.04. The van der Waals surface area contributed by atoms with E-state index in [4.69, 9.17) is 11.1 Å². The Morgan fingerprint density at radius 2 is 0.979 bits per heavy atom. The number of nitrogens with two attached hydrogens (primary N) is 1. The Morgan fingerprint density at radius 1 is 0.667 bits per heavy atom. The minimum Gasteiger partial charge on any atom is -0.388 e. The minimum absolute atomic E-state index is 0. The Hall–Kier alpha value is -5.55. The topological polar surface area (TPSA) is 215 Å². The van der Waals surface area contributed by atoms with E-state index in [0.29, 0.717) is 28.4 Å². The van der Waals surface area contributed by atoms with Crippen LogP contribution in [0, 0.1) is 5.41 Å². The van der Waals surface area contributed by atoms with Gasteiger partial charge in [0.2, 0.25) is 0 Å². The second kappa shape index (κ2) is 15.4. The van der Waals surface area contributed by atoms with Crippen LogP contribution in [0.2, 0.25) is 0 Å². The van der Waals surface area contributed by atoms with Crippen LogP contribution in [0.5, 0.6) is 0 Å². The Bertz CT molecular complexity index is 1930. The summed E-state index contributed by atoms with van der Waals surface area (Å²) in [5.41, 5.74) is 7.90. The van der Waals surface area contributed by atoms with Crippen LogP contribution in [0.1, 0.15) is 48.4 Å². The number of nitrogens with one attached hydrogen (secondary N) is 6. The number of carbonyl (C=O) groups is 5. The van der Waals surface area contributed by atoms with Crippen LogP contribution < -0.4 is 32.3 Å². The van der Waals surface area contributed by atoms with E-state index in [1.165, 1.54) is 24.3 Å². The van der Waals surface area contributed by atoms with Crippen LogP contribution in [0.15, 0.2) is 60.1 Å². The first-order chi connectivity index (χ1) is 22.1. The molecule has 8 N–H and O–H groups in total. The Kier molecular flexibility index (Phi) is 11.8. The highest BCUT2D eigenvalue weighted by Crippen LogP contribution is 2.21. The predicted molar refractivity (Wildman–Crippen MR) is 188 cm³/mol. The Labute approximate surface area is 289 Å². The van der Waals surface area contributed by atoms with Crippen molar-refractivity contribution in [2.75, 3.05) is 27.8 Å². The summed E-state index contributed by atoms with van der Waals surface area (Å²) in [6.07, 6.45) is 6.55. The van der Waals surface area contributed by atoms with Crippen LogP contribution >= 0.6 is 28.3 Å². The molecule has 0 aromatic carbocycles. The average molecular weight is 745 g/mol. The lowest BCUT2D eigenvalue weighted by molar-refractivity contribution is -0.112. The van der Waals surface area contributed by atoms with E-state index in [2.05, 4.69) is 49.1 Å². The van der Waals surface area contributed by atoms with Gasteiger partial charge in [0.15, 0.2) is 0 Å². The van der Waals surface area contributed by atoms with Crippen molar-refractivity contribution < 1.29 is 24.0 Å². The first-order valence-corrected chi connectivity index (χ1v) is 14.8. The average Bonchev–Trinajstić information content (AvgIpc) is 3.73. The standard InChI is InChI=1S/C30H34BrN11O5.ClH/c1-16(31)26(43)35-17-9-22(40(3)12-17)28(45)37-19-11-24(42(5)14-19)30(47)38-20-10-23(41(4)15-20)29(46)36-18-8-21(39(2)13-18)27(44)34-7-6-25(32)33;/h8-15H,1,6-7H2,2-5H3,(H3,32,33)(H,34,44)(H,35,43)(H,36,46)(H,37,45)(H,38,47);1H. The van der Waals surface area contributed by atoms with E-state index in [-0.39, 0.29) is 58.7 Å². The number of amidine groups is 1. The maximum atomic E-state index is 13.1. The van der Waals surface area contributed by atoms with Gasteiger partial charge < -0.3 is 50.6 Å². The van der Waals surface area contributed by atoms with Gasteiger partial charge in [-0.1, -0.05) is 6.58 Å². The minimum atomic E-state index is -0.479. The molecule has 0 aliphatic heterocycles. The zero-order chi connectivity index (χ0) is 34.6. The maximum Gasteiger partial charge on any atom is 0.272 e. The molecule has 4 heterocycles. The molecule has 18 heteroatoms. The molecule has 0 aliphatic rings. The fourth-order valence-electron chi connectivity index (χ4n) is 4.62. The fraction of sp³-hybridized carbons (Fsp3) is 0.200. The molecule has 0 unspecified atom stereocenters. The number of hydrogen-bond acceptors (Lipinski definition) is 6. The molecule has 4 rings (SSSR count). The lowest BCUT2D eigenvalue weighted by atomic mass is 10.3. The van der Waals surface area contributed by atoms with Gasteiger partial charge in [0.1, 0.15) is 22.8 Å². The van der Waals surface area contributed by atoms with Gasteiger partial charge in [0, 0.05) is 65.9 Å². The van der Waals surface area contributed by atoms with Crippen molar-refractivity contribution in [3.8, 4) is 0 Å². The van der Waals surface area contributed by atoms with Crippen LogP contribution in [0.3, 0.4) is 0 Å². The number of anilines is 4. The number of halogens is 2. The fourth-order valence-corrected chi connectivity index (χ4v) is 4.72. The summed E-state index contributed by atoms with van der Waals surface area (Å²) >= 11 is 3.01. The van der Waals surface area contributed by atoms with Gasteiger partial charge in [-0.15, -0.1) is 12.4 Å². The molecule has 0 aliphatic carbocycles. The molecule has 5 amide bonds. The number of amides is 5. The number of hydrogen-bond donors (Lipinski definition) is 7. The summed E-state index contributed by atoms with van der Waals surface area (Å²) in [5.74, 6) is -2.26. The lowest BCUT2D eigenvalue weighted by Crippen LogP contribution is -2.28. The highest BCUT2D eigenvalue weighted by molar-refractivity contribution is 9.12. The van der Waals surface area contributed by atoms with E-state index < -0.39 is 23.6 Å². The zero-order valence-electron chi connectivity index (χ0n) is 26.4. The first kappa shape index (κ1) is 36.9. The van der Waals surface area contributed by atoms with Gasteiger partial charge in [0.05, 0.1) is 33.1 Å². The molecule has 48 heavy (non-hydrogen) atoms. The molecule has 0 fully saturated rings. The molecule has 0 saturated carbocycles. The third kappa shape index (κ3) is 8.83. The second-order valence-corrected chi connectivity index (χ2v) is 11.6. The number of aryl methyl sites for hydroxylation is 4. The third-order valence-electron chi connectivity index (χ3n) is 6.91. The maximum absolute atomic E-state index is 13.1. The van der Waals surface area contributed by atoms with Gasteiger partial charge in [-0.2, -0.15) is 0 Å². The van der Waals surface area contributed by atoms with Gasteiger partial charge >= 0.3 is 0 Å². The van der Waals surface area contributed by atoms with E-state index >= 15 is 0 Å². The molecule has 0 radical (unpaired) electrons. The quantitative estimate of drug-likeness (QED) is 0.0657. The highest BCUT2D eigenvalue weighted by Gasteiger charge is 2.20. The van der Waals surface area contributed by atoms with Crippen LogP contribution in [-0.2, 0) is 33.0 Å². The first-order valence-electron chi connectivity index (χ1n) is 14.0. The molecule has 4 aromatic rings. The van der Waals surface area contributed by atoms with Crippen LogP contribution in [-0.4, -0.2) is 60.2 Å². The van der Waals surface area contributed by atoms with Crippen molar-refractivity contribution >= 4 is 86.5 Å². The van der Waals surface area contributed by atoms with Crippen LogP contribution in [0.4, 0.5) is 22.7 Å². The summed E-state index contributed by atoms with van der Waals surface area (Å²) in [6, 6.07) is 6.05. The smallest absolute Gasteiger partial charge is 0.272 e.